The molecule has 0 radical (unpaired) electrons. The lowest BCUT2D eigenvalue weighted by molar-refractivity contribution is 0.435. The first-order valence-corrected chi connectivity index (χ1v) is 9.12. The van der Waals surface area contributed by atoms with Gasteiger partial charge in [-0.15, -0.1) is 0 Å². The minimum absolute atomic E-state index is 0.109. The number of hydrogen-bond donors (Lipinski definition) is 0. The second-order valence-corrected chi connectivity index (χ2v) is 10.8. The van der Waals surface area contributed by atoms with E-state index in [4.69, 9.17) is 0 Å². The van der Waals surface area contributed by atoms with Gasteiger partial charge >= 0.3 is 0 Å². The van der Waals surface area contributed by atoms with E-state index in [-0.39, 0.29) is 16.4 Å². The molecule has 1 heterocycles. The van der Waals surface area contributed by atoms with Crippen LogP contribution in [0.4, 0.5) is 0 Å². The van der Waals surface area contributed by atoms with Crippen molar-refractivity contribution >= 4 is 9.73 Å². The molecule has 0 aromatic carbocycles. The fourth-order valence-corrected chi connectivity index (χ4v) is 5.23. The smallest absolute Gasteiger partial charge is 0.0618 e. The molecule has 1 aliphatic rings. The van der Waals surface area contributed by atoms with Crippen LogP contribution in [0.1, 0.15) is 61.3 Å². The standard InChI is InChI=1S/C16H31NOS/c1-14(2,3)17-19(18)12-10-15(4,5)8-9-16(6,7)11-13-19/h8-9H,10-13H2,1-7H3/b9-8-. The van der Waals surface area contributed by atoms with Crippen molar-refractivity contribution in [2.24, 2.45) is 15.2 Å². The van der Waals surface area contributed by atoms with E-state index in [0.29, 0.717) is 0 Å². The molecule has 0 aliphatic carbocycles. The molecule has 0 fully saturated rings. The first-order chi connectivity index (χ1) is 8.33. The van der Waals surface area contributed by atoms with Crippen molar-refractivity contribution in [2.75, 3.05) is 11.5 Å². The van der Waals surface area contributed by atoms with Gasteiger partial charge in [-0.1, -0.05) is 39.8 Å². The fraction of sp³-hybridized carbons (Fsp3) is 0.875. The van der Waals surface area contributed by atoms with Crippen LogP contribution in [0.2, 0.25) is 0 Å². The summed E-state index contributed by atoms with van der Waals surface area (Å²) in [7, 11) is -2.09. The molecule has 0 atom stereocenters. The molecule has 1 rings (SSSR count). The SMILES string of the molecule is CC1(C)/C=C\C(C)(C)CCS(=O)(=NC(C)(C)C)CC1. The molecule has 0 aromatic heterocycles. The Balaban J connectivity index is 3.15. The van der Waals surface area contributed by atoms with Crippen LogP contribution in [0.25, 0.3) is 0 Å². The van der Waals surface area contributed by atoms with Crippen LogP contribution in [0.15, 0.2) is 16.5 Å². The highest BCUT2D eigenvalue weighted by Gasteiger charge is 2.26. The van der Waals surface area contributed by atoms with Gasteiger partial charge in [0.2, 0.25) is 0 Å². The fourth-order valence-electron chi connectivity index (χ4n) is 2.16. The second-order valence-electron chi connectivity index (χ2n) is 8.25. The van der Waals surface area contributed by atoms with E-state index in [9.17, 15) is 4.21 Å². The maximum atomic E-state index is 13.1. The zero-order valence-corrected chi connectivity index (χ0v) is 14.6. The number of hydrogen-bond acceptors (Lipinski definition) is 2. The van der Waals surface area contributed by atoms with Crippen molar-refractivity contribution in [3.63, 3.8) is 0 Å². The highest BCUT2D eigenvalue weighted by molar-refractivity contribution is 7.93. The van der Waals surface area contributed by atoms with Gasteiger partial charge in [0, 0.05) is 21.2 Å². The van der Waals surface area contributed by atoms with E-state index in [2.05, 4.69) is 44.2 Å². The van der Waals surface area contributed by atoms with Crippen molar-refractivity contribution in [2.45, 2.75) is 66.8 Å². The molecule has 0 N–H and O–H groups in total. The third-order valence-electron chi connectivity index (χ3n) is 3.56. The number of allylic oxidation sites excluding steroid dienone is 2. The molecular weight excluding hydrogens is 254 g/mol. The number of nitrogens with zero attached hydrogens (tertiary/aromatic N) is 1. The summed E-state index contributed by atoms with van der Waals surface area (Å²) in [5.41, 5.74) is 0.00218. The van der Waals surface area contributed by atoms with E-state index in [1.54, 1.807) is 0 Å². The summed E-state index contributed by atoms with van der Waals surface area (Å²) in [6.07, 6.45) is 6.49. The zero-order valence-electron chi connectivity index (χ0n) is 13.7. The lowest BCUT2D eigenvalue weighted by Gasteiger charge is -2.22. The van der Waals surface area contributed by atoms with Gasteiger partial charge in [0.15, 0.2) is 0 Å². The van der Waals surface area contributed by atoms with Crippen LogP contribution >= 0.6 is 0 Å². The normalized spacial score (nSPS) is 27.7. The summed E-state index contributed by atoms with van der Waals surface area (Å²) < 4.78 is 17.8. The summed E-state index contributed by atoms with van der Waals surface area (Å²) in [6, 6.07) is 0. The molecule has 1 aliphatic heterocycles. The van der Waals surface area contributed by atoms with Gasteiger partial charge in [0.25, 0.3) is 0 Å². The van der Waals surface area contributed by atoms with Crippen LogP contribution in [0.5, 0.6) is 0 Å². The van der Waals surface area contributed by atoms with E-state index in [0.717, 1.165) is 24.3 Å². The topological polar surface area (TPSA) is 29.4 Å². The molecule has 0 bridgehead atoms. The zero-order chi connectivity index (χ0) is 14.9. The van der Waals surface area contributed by atoms with Crippen molar-refractivity contribution < 1.29 is 4.21 Å². The van der Waals surface area contributed by atoms with Crippen molar-refractivity contribution in [1.29, 1.82) is 0 Å². The van der Waals surface area contributed by atoms with Gasteiger partial charge in [-0.25, -0.2) is 8.57 Å². The Morgan fingerprint density at radius 1 is 0.947 bits per heavy atom. The van der Waals surface area contributed by atoms with Crippen LogP contribution in [-0.2, 0) is 9.73 Å². The molecule has 3 heteroatoms. The van der Waals surface area contributed by atoms with Crippen LogP contribution in [-0.4, -0.2) is 21.3 Å². The molecule has 0 saturated carbocycles. The molecule has 0 unspecified atom stereocenters. The van der Waals surface area contributed by atoms with Gasteiger partial charge < -0.3 is 0 Å². The monoisotopic (exact) mass is 285 g/mol. The molecule has 0 saturated heterocycles. The highest BCUT2D eigenvalue weighted by Crippen LogP contribution is 2.32. The van der Waals surface area contributed by atoms with Crippen molar-refractivity contribution in [3.05, 3.63) is 12.2 Å². The predicted octanol–water partition coefficient (Wildman–Crippen LogP) is 4.66. The highest BCUT2D eigenvalue weighted by atomic mass is 32.2. The van der Waals surface area contributed by atoms with Gasteiger partial charge in [-0.05, 0) is 44.4 Å². The average molecular weight is 285 g/mol. The van der Waals surface area contributed by atoms with Crippen LogP contribution < -0.4 is 0 Å². The third kappa shape index (κ3) is 6.11. The molecule has 112 valence electrons. The first-order valence-electron chi connectivity index (χ1n) is 7.27. The van der Waals surface area contributed by atoms with Crippen molar-refractivity contribution in [1.82, 2.24) is 0 Å². The largest absolute Gasteiger partial charge is 0.250 e. The summed E-state index contributed by atoms with van der Waals surface area (Å²) in [4.78, 5) is 0. The molecule has 2 nitrogen and oxygen atoms in total. The minimum atomic E-state index is -2.09. The number of rotatable bonds is 0. The Bertz CT molecular complexity index is 430. The average Bonchev–Trinajstić information content (AvgIpc) is 2.22. The minimum Gasteiger partial charge on any atom is -0.250 e. The lowest BCUT2D eigenvalue weighted by atomic mass is 9.83. The molecular formula is C16H31NOS. The van der Waals surface area contributed by atoms with E-state index >= 15 is 0 Å². The Labute approximate surface area is 120 Å². The van der Waals surface area contributed by atoms with E-state index < -0.39 is 9.73 Å². The van der Waals surface area contributed by atoms with Gasteiger partial charge in [0.05, 0.1) is 5.54 Å². The lowest BCUT2D eigenvalue weighted by Crippen LogP contribution is -2.23. The first kappa shape index (κ1) is 16.7. The van der Waals surface area contributed by atoms with Crippen LogP contribution in [0.3, 0.4) is 0 Å². The summed E-state index contributed by atoms with van der Waals surface area (Å²) in [6.45, 7) is 15.0. The van der Waals surface area contributed by atoms with Crippen molar-refractivity contribution in [3.8, 4) is 0 Å². The maximum Gasteiger partial charge on any atom is 0.0618 e. The van der Waals surface area contributed by atoms with E-state index in [1.165, 1.54) is 0 Å². The molecule has 0 aromatic rings. The predicted molar refractivity (Wildman–Crippen MR) is 86.0 cm³/mol. The summed E-state index contributed by atoms with van der Waals surface area (Å²) in [5, 5.41) is 0. The van der Waals surface area contributed by atoms with Gasteiger partial charge in [-0.2, -0.15) is 0 Å². The van der Waals surface area contributed by atoms with Crippen LogP contribution in [0, 0.1) is 10.8 Å². The van der Waals surface area contributed by atoms with Gasteiger partial charge in [0.1, 0.15) is 0 Å². The van der Waals surface area contributed by atoms with Gasteiger partial charge in [-0.3, -0.25) is 0 Å². The van der Waals surface area contributed by atoms with E-state index in [1.807, 2.05) is 20.8 Å². The second kappa shape index (κ2) is 5.23. The molecule has 0 spiro atoms. The molecule has 0 amide bonds. The maximum absolute atomic E-state index is 13.1. The molecule has 19 heavy (non-hydrogen) atoms. The third-order valence-corrected chi connectivity index (χ3v) is 6.12. The Morgan fingerprint density at radius 2 is 1.32 bits per heavy atom. The summed E-state index contributed by atoms with van der Waals surface area (Å²) in [5.74, 6) is 1.44. The Morgan fingerprint density at radius 3 is 1.63 bits per heavy atom. The summed E-state index contributed by atoms with van der Waals surface area (Å²) >= 11 is 0. The quantitative estimate of drug-likeness (QED) is 0.595. The Kier molecular flexibility index (Phi) is 4.61. The Hall–Kier alpha value is -0.310.